The number of aliphatic imine (C=N–C) groups is 1. The first-order valence-corrected chi connectivity index (χ1v) is 6.76. The van der Waals surface area contributed by atoms with E-state index >= 15 is 0 Å². The van der Waals surface area contributed by atoms with Gasteiger partial charge in [-0.3, -0.25) is 9.79 Å². The van der Waals surface area contributed by atoms with Crippen LogP contribution in [0.15, 0.2) is 4.99 Å². The highest BCUT2D eigenvalue weighted by molar-refractivity contribution is 5.84. The Labute approximate surface area is 105 Å². The first kappa shape index (κ1) is 16.1. The van der Waals surface area contributed by atoms with Crippen molar-refractivity contribution in [3.8, 4) is 0 Å². The topological polar surface area (TPSA) is 49.7 Å². The van der Waals surface area contributed by atoms with Crippen LogP contribution in [-0.2, 0) is 4.79 Å². The van der Waals surface area contributed by atoms with Crippen LogP contribution in [0, 0.1) is 11.8 Å². The highest BCUT2D eigenvalue weighted by atomic mass is 16.4. The van der Waals surface area contributed by atoms with Gasteiger partial charge < -0.3 is 5.11 Å². The van der Waals surface area contributed by atoms with E-state index in [1.807, 2.05) is 6.92 Å². The van der Waals surface area contributed by atoms with Crippen LogP contribution in [-0.4, -0.2) is 23.3 Å². The van der Waals surface area contributed by atoms with Crippen molar-refractivity contribution in [2.24, 2.45) is 16.8 Å². The van der Waals surface area contributed by atoms with E-state index in [-0.39, 0.29) is 5.92 Å². The first-order chi connectivity index (χ1) is 8.02. The molecule has 0 bridgehead atoms. The number of carbonyl (C=O) groups is 1. The van der Waals surface area contributed by atoms with Crippen molar-refractivity contribution < 1.29 is 9.90 Å². The van der Waals surface area contributed by atoms with Crippen molar-refractivity contribution >= 4 is 11.7 Å². The molecule has 0 aliphatic rings. The first-order valence-electron chi connectivity index (χ1n) is 6.76. The molecular formula is C14H27NO2. The fraction of sp³-hybridized carbons (Fsp3) is 0.857. The minimum Gasteiger partial charge on any atom is -0.481 e. The number of hydrogen-bond donors (Lipinski definition) is 1. The molecule has 100 valence electrons. The molecule has 2 unspecified atom stereocenters. The third-order valence-electron chi connectivity index (χ3n) is 3.23. The SMILES string of the molecule is CCCN=C(C)C(C)CCC(CCC)C(=O)O. The minimum absolute atomic E-state index is 0.179. The average Bonchev–Trinajstić information content (AvgIpc) is 2.30. The molecule has 3 nitrogen and oxygen atoms in total. The summed E-state index contributed by atoms with van der Waals surface area (Å²) in [5, 5.41) is 9.07. The van der Waals surface area contributed by atoms with E-state index in [1.165, 1.54) is 0 Å². The van der Waals surface area contributed by atoms with Crippen LogP contribution in [0.1, 0.15) is 59.8 Å². The Morgan fingerprint density at radius 3 is 2.29 bits per heavy atom. The lowest BCUT2D eigenvalue weighted by atomic mass is 9.91. The molecular weight excluding hydrogens is 214 g/mol. The standard InChI is InChI=1S/C14H27NO2/c1-5-7-13(14(16)17)9-8-11(3)12(4)15-10-6-2/h11,13H,5-10H2,1-4H3,(H,16,17). The van der Waals surface area contributed by atoms with Crippen molar-refractivity contribution in [1.82, 2.24) is 0 Å². The predicted octanol–water partition coefficient (Wildman–Crippen LogP) is 3.77. The monoisotopic (exact) mass is 241 g/mol. The smallest absolute Gasteiger partial charge is 0.306 e. The van der Waals surface area contributed by atoms with Crippen LogP contribution in [0.5, 0.6) is 0 Å². The lowest BCUT2D eigenvalue weighted by molar-refractivity contribution is -0.142. The number of hydrogen-bond acceptors (Lipinski definition) is 2. The second-order valence-electron chi connectivity index (χ2n) is 4.83. The molecule has 17 heavy (non-hydrogen) atoms. The predicted molar refractivity (Wildman–Crippen MR) is 72.7 cm³/mol. The summed E-state index contributed by atoms with van der Waals surface area (Å²) < 4.78 is 0. The largest absolute Gasteiger partial charge is 0.481 e. The van der Waals surface area contributed by atoms with Gasteiger partial charge in [0.1, 0.15) is 0 Å². The van der Waals surface area contributed by atoms with Crippen molar-refractivity contribution in [1.29, 1.82) is 0 Å². The van der Waals surface area contributed by atoms with Crippen LogP contribution in [0.2, 0.25) is 0 Å². The molecule has 0 saturated carbocycles. The fourth-order valence-electron chi connectivity index (χ4n) is 1.84. The number of rotatable bonds is 9. The summed E-state index contributed by atoms with van der Waals surface area (Å²) in [5.41, 5.74) is 1.16. The second-order valence-corrected chi connectivity index (χ2v) is 4.83. The van der Waals surface area contributed by atoms with Gasteiger partial charge in [-0.25, -0.2) is 0 Å². The molecule has 0 spiro atoms. The van der Waals surface area contributed by atoms with Crippen molar-refractivity contribution in [2.75, 3.05) is 6.54 Å². The van der Waals surface area contributed by atoms with Crippen molar-refractivity contribution in [3.63, 3.8) is 0 Å². The molecule has 0 fully saturated rings. The molecule has 0 saturated heterocycles. The molecule has 0 aromatic heterocycles. The maximum atomic E-state index is 11.0. The van der Waals surface area contributed by atoms with Gasteiger partial charge in [0.2, 0.25) is 0 Å². The van der Waals surface area contributed by atoms with E-state index in [1.54, 1.807) is 0 Å². The van der Waals surface area contributed by atoms with Crippen LogP contribution in [0.4, 0.5) is 0 Å². The Kier molecular flexibility index (Phi) is 8.73. The molecule has 0 aromatic rings. The van der Waals surface area contributed by atoms with Gasteiger partial charge in [0, 0.05) is 12.3 Å². The second kappa shape index (κ2) is 9.20. The normalized spacial score (nSPS) is 15.6. The van der Waals surface area contributed by atoms with E-state index in [2.05, 4.69) is 25.8 Å². The molecule has 0 aliphatic heterocycles. The zero-order valence-electron chi connectivity index (χ0n) is 11.7. The quantitative estimate of drug-likeness (QED) is 0.625. The Bertz CT molecular complexity index is 249. The molecule has 0 amide bonds. The highest BCUT2D eigenvalue weighted by Gasteiger charge is 2.17. The molecule has 3 heteroatoms. The number of nitrogens with zero attached hydrogens (tertiary/aromatic N) is 1. The van der Waals surface area contributed by atoms with Crippen LogP contribution in [0.3, 0.4) is 0 Å². The number of aliphatic carboxylic acids is 1. The van der Waals surface area contributed by atoms with Gasteiger partial charge >= 0.3 is 5.97 Å². The van der Waals surface area contributed by atoms with E-state index in [4.69, 9.17) is 5.11 Å². The number of carboxylic acids is 1. The zero-order valence-corrected chi connectivity index (χ0v) is 11.7. The zero-order chi connectivity index (χ0) is 13.3. The van der Waals surface area contributed by atoms with Crippen LogP contribution in [0.25, 0.3) is 0 Å². The summed E-state index contributed by atoms with van der Waals surface area (Å²) in [6.45, 7) is 9.22. The summed E-state index contributed by atoms with van der Waals surface area (Å²) in [4.78, 5) is 15.5. The molecule has 0 rings (SSSR count). The number of carboxylic acid groups (broad SMARTS) is 1. The fourth-order valence-corrected chi connectivity index (χ4v) is 1.84. The maximum Gasteiger partial charge on any atom is 0.306 e. The van der Waals surface area contributed by atoms with E-state index < -0.39 is 5.97 Å². The molecule has 2 atom stereocenters. The van der Waals surface area contributed by atoms with Gasteiger partial charge in [0.15, 0.2) is 0 Å². The third kappa shape index (κ3) is 7.14. The molecule has 0 aromatic carbocycles. The van der Waals surface area contributed by atoms with Crippen LogP contribution >= 0.6 is 0 Å². The minimum atomic E-state index is -0.651. The Morgan fingerprint density at radius 2 is 1.82 bits per heavy atom. The third-order valence-corrected chi connectivity index (χ3v) is 3.23. The Morgan fingerprint density at radius 1 is 1.18 bits per heavy atom. The van der Waals surface area contributed by atoms with Crippen molar-refractivity contribution in [3.05, 3.63) is 0 Å². The molecule has 0 aliphatic carbocycles. The van der Waals surface area contributed by atoms with Gasteiger partial charge in [0.05, 0.1) is 5.92 Å². The summed E-state index contributed by atoms with van der Waals surface area (Å²) in [6.07, 6.45) is 4.48. The summed E-state index contributed by atoms with van der Waals surface area (Å²) >= 11 is 0. The maximum absolute atomic E-state index is 11.0. The molecule has 0 radical (unpaired) electrons. The van der Waals surface area contributed by atoms with Gasteiger partial charge in [-0.1, -0.05) is 27.2 Å². The van der Waals surface area contributed by atoms with Gasteiger partial charge in [-0.2, -0.15) is 0 Å². The summed E-state index contributed by atoms with van der Waals surface area (Å²) in [6, 6.07) is 0. The summed E-state index contributed by atoms with van der Waals surface area (Å²) in [5.74, 6) is -0.427. The average molecular weight is 241 g/mol. The van der Waals surface area contributed by atoms with Crippen LogP contribution < -0.4 is 0 Å². The van der Waals surface area contributed by atoms with E-state index in [0.717, 1.165) is 44.4 Å². The van der Waals surface area contributed by atoms with Gasteiger partial charge in [-0.15, -0.1) is 0 Å². The highest BCUT2D eigenvalue weighted by Crippen LogP contribution is 2.18. The Hall–Kier alpha value is -0.860. The van der Waals surface area contributed by atoms with Crippen molar-refractivity contribution in [2.45, 2.75) is 59.8 Å². The molecule has 1 N–H and O–H groups in total. The molecule has 0 heterocycles. The van der Waals surface area contributed by atoms with Gasteiger partial charge in [-0.05, 0) is 38.5 Å². The van der Waals surface area contributed by atoms with E-state index in [0.29, 0.717) is 5.92 Å². The Balaban J connectivity index is 4.11. The lowest BCUT2D eigenvalue weighted by Gasteiger charge is -2.15. The van der Waals surface area contributed by atoms with Gasteiger partial charge in [0.25, 0.3) is 0 Å². The summed E-state index contributed by atoms with van der Waals surface area (Å²) in [7, 11) is 0. The lowest BCUT2D eigenvalue weighted by Crippen LogP contribution is -2.16. The van der Waals surface area contributed by atoms with E-state index in [9.17, 15) is 4.79 Å².